The van der Waals surface area contributed by atoms with E-state index in [1.54, 1.807) is 0 Å². The molecule has 1 atom stereocenters. The largest absolute Gasteiger partial charge is 0.409 e. The van der Waals surface area contributed by atoms with Gasteiger partial charge in [-0.2, -0.15) is 0 Å². The van der Waals surface area contributed by atoms with Crippen LogP contribution in [0.3, 0.4) is 0 Å². The Morgan fingerprint density at radius 3 is 1.87 bits per heavy atom. The summed E-state index contributed by atoms with van der Waals surface area (Å²) in [6.07, 6.45) is 0. The Labute approximate surface area is 102 Å². The SMILES string of the molecule is CCSC(C)O[Si](C)(C)[Si](C)(C)C(C)C. The minimum Gasteiger partial charge on any atom is -0.409 e. The molecule has 0 heterocycles. The second-order valence-corrected chi connectivity index (χ2v) is 22.4. The molecule has 0 rings (SSSR count). The molecule has 0 aliphatic heterocycles. The maximum atomic E-state index is 6.37. The van der Waals surface area contributed by atoms with Crippen LogP contribution < -0.4 is 0 Å². The lowest BCUT2D eigenvalue weighted by atomic mass is 10.6. The van der Waals surface area contributed by atoms with E-state index in [1.807, 2.05) is 11.8 Å². The summed E-state index contributed by atoms with van der Waals surface area (Å²) < 4.78 is 6.37. The zero-order valence-electron chi connectivity index (χ0n) is 11.7. The van der Waals surface area contributed by atoms with E-state index in [9.17, 15) is 0 Å². The molecule has 0 radical (unpaired) electrons. The van der Waals surface area contributed by atoms with Gasteiger partial charge in [0.1, 0.15) is 0 Å². The maximum absolute atomic E-state index is 6.37. The predicted octanol–water partition coefficient (Wildman–Crippen LogP) is 4.50. The first kappa shape index (κ1) is 15.7. The molecule has 4 heteroatoms. The summed E-state index contributed by atoms with van der Waals surface area (Å²) in [7, 11) is -2.67. The van der Waals surface area contributed by atoms with Crippen molar-refractivity contribution in [1.29, 1.82) is 0 Å². The molecular weight excluding hydrogens is 236 g/mol. The fourth-order valence-corrected chi connectivity index (χ4v) is 11.4. The number of rotatable bonds is 6. The molecule has 15 heavy (non-hydrogen) atoms. The van der Waals surface area contributed by atoms with Crippen LogP contribution in [0.4, 0.5) is 0 Å². The van der Waals surface area contributed by atoms with Gasteiger partial charge in [-0.1, -0.05) is 39.4 Å². The predicted molar refractivity (Wildman–Crippen MR) is 78.7 cm³/mol. The van der Waals surface area contributed by atoms with Gasteiger partial charge < -0.3 is 4.43 Å². The molecule has 0 spiro atoms. The molecule has 92 valence electrons. The minimum absolute atomic E-state index is 0.377. The van der Waals surface area contributed by atoms with Crippen LogP contribution in [0, 0.1) is 0 Å². The van der Waals surface area contributed by atoms with Crippen molar-refractivity contribution in [3.63, 3.8) is 0 Å². The van der Waals surface area contributed by atoms with Crippen LogP contribution in [0.25, 0.3) is 0 Å². The number of thioether (sulfide) groups is 1. The Morgan fingerprint density at radius 2 is 1.53 bits per heavy atom. The topological polar surface area (TPSA) is 9.23 Å². The summed E-state index contributed by atoms with van der Waals surface area (Å²) in [6.45, 7) is 18.9. The van der Waals surface area contributed by atoms with Crippen LogP contribution >= 0.6 is 11.8 Å². The summed E-state index contributed by atoms with van der Waals surface area (Å²) in [4.78, 5) is 0. The van der Waals surface area contributed by atoms with Crippen molar-refractivity contribution in [1.82, 2.24) is 0 Å². The van der Waals surface area contributed by atoms with Crippen LogP contribution in [0.1, 0.15) is 27.7 Å². The number of hydrogen-bond acceptors (Lipinski definition) is 2. The minimum atomic E-state index is -1.48. The summed E-state index contributed by atoms with van der Waals surface area (Å²) >= 11 is 1.92. The van der Waals surface area contributed by atoms with Crippen molar-refractivity contribution in [2.45, 2.75) is 64.9 Å². The first-order valence-corrected chi connectivity index (χ1v) is 14.0. The molecule has 0 N–H and O–H groups in total. The highest BCUT2D eigenvalue weighted by atomic mass is 32.2. The summed E-state index contributed by atoms with van der Waals surface area (Å²) in [5, 5.41) is 0. The zero-order valence-corrected chi connectivity index (χ0v) is 14.5. The van der Waals surface area contributed by atoms with Crippen LogP contribution in [-0.4, -0.2) is 26.6 Å². The second-order valence-electron chi connectivity index (χ2n) is 5.53. The van der Waals surface area contributed by atoms with Gasteiger partial charge in [-0.25, -0.2) is 0 Å². The van der Waals surface area contributed by atoms with Crippen molar-refractivity contribution in [2.75, 3.05) is 5.75 Å². The third kappa shape index (κ3) is 4.25. The molecular formula is C11H28OSSi2. The quantitative estimate of drug-likeness (QED) is 0.516. The molecule has 0 bridgehead atoms. The van der Waals surface area contributed by atoms with E-state index in [1.165, 1.54) is 0 Å². The van der Waals surface area contributed by atoms with Gasteiger partial charge in [-0.15, -0.1) is 11.8 Å². The smallest absolute Gasteiger partial charge is 0.175 e. The fraction of sp³-hybridized carbons (Fsp3) is 1.00. The van der Waals surface area contributed by atoms with Crippen molar-refractivity contribution in [2.24, 2.45) is 0 Å². The van der Waals surface area contributed by atoms with E-state index in [0.29, 0.717) is 5.44 Å². The summed E-state index contributed by atoms with van der Waals surface area (Å²) in [5.74, 6) is 1.15. The highest BCUT2D eigenvalue weighted by Crippen LogP contribution is 2.33. The molecule has 0 aliphatic rings. The van der Waals surface area contributed by atoms with E-state index in [0.717, 1.165) is 11.3 Å². The molecule has 0 saturated carbocycles. The highest BCUT2D eigenvalue weighted by Gasteiger charge is 2.45. The van der Waals surface area contributed by atoms with Gasteiger partial charge in [0.2, 0.25) is 0 Å². The highest BCUT2D eigenvalue weighted by molar-refractivity contribution is 7.99. The Morgan fingerprint density at radius 1 is 1.07 bits per heavy atom. The molecule has 0 fully saturated rings. The van der Waals surface area contributed by atoms with E-state index in [2.05, 4.69) is 53.9 Å². The van der Waals surface area contributed by atoms with E-state index in [-0.39, 0.29) is 0 Å². The molecule has 0 aromatic heterocycles. The lowest BCUT2D eigenvalue weighted by Crippen LogP contribution is -2.59. The van der Waals surface area contributed by atoms with E-state index in [4.69, 9.17) is 4.43 Å². The molecule has 0 amide bonds. The molecule has 0 saturated heterocycles. The molecule has 1 nitrogen and oxygen atoms in total. The van der Waals surface area contributed by atoms with Crippen LogP contribution in [0.5, 0.6) is 0 Å². The third-order valence-corrected chi connectivity index (χ3v) is 23.3. The summed E-state index contributed by atoms with van der Waals surface area (Å²) in [6, 6.07) is 0. The first-order chi connectivity index (χ1) is 6.65. The van der Waals surface area contributed by atoms with Crippen LogP contribution in [-0.2, 0) is 4.43 Å². The van der Waals surface area contributed by atoms with Gasteiger partial charge >= 0.3 is 0 Å². The average Bonchev–Trinajstić information content (AvgIpc) is 2.02. The summed E-state index contributed by atoms with van der Waals surface area (Å²) in [5.41, 5.74) is 1.19. The number of hydrogen-bond donors (Lipinski definition) is 0. The monoisotopic (exact) mass is 264 g/mol. The van der Waals surface area contributed by atoms with Gasteiger partial charge in [0.05, 0.1) is 13.0 Å². The van der Waals surface area contributed by atoms with Crippen molar-refractivity contribution in [3.8, 4) is 0 Å². The second kappa shape index (κ2) is 5.89. The van der Waals surface area contributed by atoms with Gasteiger partial charge in [0.15, 0.2) is 7.83 Å². The molecule has 0 aromatic carbocycles. The molecule has 0 aliphatic carbocycles. The Balaban J connectivity index is 4.53. The Bertz CT molecular complexity index is 193. The fourth-order valence-electron chi connectivity index (χ4n) is 1.53. The van der Waals surface area contributed by atoms with Gasteiger partial charge in [-0.3, -0.25) is 0 Å². The van der Waals surface area contributed by atoms with Crippen molar-refractivity contribution >= 4 is 27.2 Å². The standard InChI is InChI=1S/C11H28OSSi2/c1-9-13-11(4)12-15(7,8)14(5,6)10(2)3/h10-11H,9H2,1-8H3. The normalized spacial score (nSPS) is 15.8. The lowest BCUT2D eigenvalue weighted by molar-refractivity contribution is 0.307. The van der Waals surface area contributed by atoms with Crippen LogP contribution in [0.2, 0.25) is 31.7 Å². The van der Waals surface area contributed by atoms with Crippen LogP contribution in [0.15, 0.2) is 0 Å². The zero-order chi connectivity index (χ0) is 12.3. The maximum Gasteiger partial charge on any atom is 0.175 e. The Hall–Kier alpha value is 0.744. The lowest BCUT2D eigenvalue weighted by Gasteiger charge is -2.42. The molecule has 1 unspecified atom stereocenters. The molecule has 0 aromatic rings. The van der Waals surface area contributed by atoms with Gasteiger partial charge in [0, 0.05) is 0 Å². The average molecular weight is 265 g/mol. The third-order valence-electron chi connectivity index (χ3n) is 3.86. The first-order valence-electron chi connectivity index (χ1n) is 5.94. The van der Waals surface area contributed by atoms with Gasteiger partial charge in [-0.05, 0) is 25.8 Å². The Kier molecular flexibility index (Phi) is 6.18. The van der Waals surface area contributed by atoms with E-state index >= 15 is 0 Å². The van der Waals surface area contributed by atoms with E-state index < -0.39 is 15.4 Å². The van der Waals surface area contributed by atoms with Crippen molar-refractivity contribution < 1.29 is 4.43 Å². The van der Waals surface area contributed by atoms with Crippen molar-refractivity contribution in [3.05, 3.63) is 0 Å². The van der Waals surface area contributed by atoms with Gasteiger partial charge in [0.25, 0.3) is 0 Å².